The van der Waals surface area contributed by atoms with Crippen molar-refractivity contribution in [2.45, 2.75) is 31.8 Å². The minimum Gasteiger partial charge on any atom is -0.455 e. The van der Waals surface area contributed by atoms with E-state index >= 15 is 0 Å². The van der Waals surface area contributed by atoms with Crippen LogP contribution in [-0.2, 0) is 17.1 Å². The lowest BCUT2D eigenvalue weighted by atomic mass is 9.99. The summed E-state index contributed by atoms with van der Waals surface area (Å²) in [6.45, 7) is 5.46. The van der Waals surface area contributed by atoms with Crippen LogP contribution in [-0.4, -0.2) is 23.2 Å². The maximum absolute atomic E-state index is 13.2. The number of hydrogen-bond donors (Lipinski definition) is 2. The van der Waals surface area contributed by atoms with E-state index in [9.17, 15) is 13.2 Å². The summed E-state index contributed by atoms with van der Waals surface area (Å²) >= 11 is 0. The van der Waals surface area contributed by atoms with Gasteiger partial charge in [-0.15, -0.1) is 0 Å². The van der Waals surface area contributed by atoms with Crippen LogP contribution < -0.4 is 15.9 Å². The Morgan fingerprint density at radius 3 is 2.66 bits per heavy atom. The van der Waals surface area contributed by atoms with Gasteiger partial charge >= 0.3 is 0 Å². The molecule has 0 radical (unpaired) electrons. The van der Waals surface area contributed by atoms with Crippen LogP contribution in [0.1, 0.15) is 29.7 Å². The Balaban J connectivity index is 1.90. The highest BCUT2D eigenvalue weighted by Crippen LogP contribution is 2.32. The zero-order valence-electron chi connectivity index (χ0n) is 18.1. The normalized spacial score (nSPS) is 12.8. The monoisotopic (exact) mass is 453 g/mol. The number of nitrogens with two attached hydrogens (primary N) is 1. The quantitative estimate of drug-likeness (QED) is 0.474. The number of sulfonamides is 1. The Labute approximate surface area is 184 Å². The molecule has 0 aliphatic heterocycles. The molecule has 166 valence electrons. The highest BCUT2D eigenvalue weighted by Gasteiger charge is 2.22. The molecule has 3 N–H and O–H groups in total. The highest BCUT2D eigenvalue weighted by atomic mass is 32.2. The predicted octanol–water partition coefficient (Wildman–Crippen LogP) is 3.03. The number of hydrogen-bond acceptors (Lipinski definition) is 7. The first kappa shape index (κ1) is 21.7. The van der Waals surface area contributed by atoms with E-state index in [1.807, 2.05) is 19.9 Å². The van der Waals surface area contributed by atoms with Crippen molar-refractivity contribution in [3.05, 3.63) is 69.8 Å². The summed E-state index contributed by atoms with van der Waals surface area (Å²) in [6.07, 6.45) is 4.78. The Morgan fingerprint density at radius 2 is 2.00 bits per heavy atom. The van der Waals surface area contributed by atoms with Crippen LogP contribution in [0.25, 0.3) is 22.3 Å². The Hall–Kier alpha value is -3.50. The van der Waals surface area contributed by atoms with Crippen LogP contribution in [0.15, 0.2) is 57.1 Å². The van der Waals surface area contributed by atoms with Crippen molar-refractivity contribution in [2.75, 3.05) is 5.32 Å². The Bertz CT molecular complexity index is 1500. The van der Waals surface area contributed by atoms with E-state index in [4.69, 9.17) is 9.56 Å². The van der Waals surface area contributed by atoms with Gasteiger partial charge in [0.05, 0.1) is 28.9 Å². The zero-order valence-corrected chi connectivity index (χ0v) is 18.9. The summed E-state index contributed by atoms with van der Waals surface area (Å²) in [5.41, 5.74) is 3.32. The van der Waals surface area contributed by atoms with E-state index in [0.717, 1.165) is 5.56 Å². The number of benzene rings is 1. The molecule has 0 fully saturated rings. The third kappa shape index (κ3) is 3.90. The molecular formula is C22H23N5O4S. The van der Waals surface area contributed by atoms with E-state index in [-0.39, 0.29) is 16.1 Å². The molecule has 3 aromatic heterocycles. The molecule has 1 aromatic carbocycles. The van der Waals surface area contributed by atoms with Gasteiger partial charge in [-0.2, -0.15) is 5.10 Å². The minimum absolute atomic E-state index is 0.131. The molecule has 32 heavy (non-hydrogen) atoms. The van der Waals surface area contributed by atoms with E-state index in [0.29, 0.717) is 33.4 Å². The number of fused-ring (bicyclic) bond motifs is 1. The van der Waals surface area contributed by atoms with E-state index in [2.05, 4.69) is 15.4 Å². The summed E-state index contributed by atoms with van der Waals surface area (Å²) in [7, 11) is -2.23. The highest BCUT2D eigenvalue weighted by molar-refractivity contribution is 7.89. The molecule has 4 aromatic rings. The maximum atomic E-state index is 13.2. The second-order valence-corrected chi connectivity index (χ2v) is 9.26. The van der Waals surface area contributed by atoms with E-state index < -0.39 is 16.1 Å². The van der Waals surface area contributed by atoms with Gasteiger partial charge < -0.3 is 9.73 Å². The molecule has 1 atom stereocenters. The number of pyridine rings is 1. The maximum Gasteiger partial charge on any atom is 0.257 e. The summed E-state index contributed by atoms with van der Waals surface area (Å²) in [5, 5.41) is 12.8. The molecule has 0 bridgehead atoms. The fourth-order valence-corrected chi connectivity index (χ4v) is 4.38. The molecule has 0 saturated heterocycles. The van der Waals surface area contributed by atoms with Crippen LogP contribution in [0.5, 0.6) is 0 Å². The minimum atomic E-state index is -4.02. The first-order valence-electron chi connectivity index (χ1n) is 9.87. The van der Waals surface area contributed by atoms with Crippen LogP contribution in [0.4, 0.5) is 5.69 Å². The van der Waals surface area contributed by atoms with Crippen molar-refractivity contribution in [2.24, 2.45) is 12.2 Å². The van der Waals surface area contributed by atoms with E-state index in [1.165, 1.54) is 6.20 Å². The van der Waals surface area contributed by atoms with Crippen molar-refractivity contribution >= 4 is 26.7 Å². The lowest BCUT2D eigenvalue weighted by molar-refractivity contribution is 0.594. The smallest absolute Gasteiger partial charge is 0.257 e. The Morgan fingerprint density at radius 1 is 1.25 bits per heavy atom. The Kier molecular flexibility index (Phi) is 5.35. The van der Waals surface area contributed by atoms with Crippen molar-refractivity contribution in [1.29, 1.82) is 0 Å². The molecule has 0 saturated carbocycles. The van der Waals surface area contributed by atoms with Crippen LogP contribution >= 0.6 is 0 Å². The average molecular weight is 454 g/mol. The molecule has 0 amide bonds. The van der Waals surface area contributed by atoms with Gasteiger partial charge in [0.25, 0.3) is 10.0 Å². The van der Waals surface area contributed by atoms with Gasteiger partial charge in [0, 0.05) is 30.6 Å². The fraction of sp³-hybridized carbons (Fsp3) is 0.227. The first-order valence-corrected chi connectivity index (χ1v) is 11.4. The topological polar surface area (TPSA) is 133 Å². The van der Waals surface area contributed by atoms with Crippen molar-refractivity contribution in [3.8, 4) is 11.3 Å². The molecule has 4 rings (SSSR count). The van der Waals surface area contributed by atoms with Crippen LogP contribution in [0.2, 0.25) is 0 Å². The van der Waals surface area contributed by atoms with Gasteiger partial charge in [0.15, 0.2) is 10.5 Å². The van der Waals surface area contributed by atoms with Crippen LogP contribution in [0, 0.1) is 13.8 Å². The van der Waals surface area contributed by atoms with Gasteiger partial charge in [-0.1, -0.05) is 6.07 Å². The van der Waals surface area contributed by atoms with Gasteiger partial charge in [-0.25, -0.2) is 18.5 Å². The fourth-order valence-electron chi connectivity index (χ4n) is 3.74. The number of aromatic nitrogens is 3. The van der Waals surface area contributed by atoms with Gasteiger partial charge in [0.2, 0.25) is 0 Å². The number of nitrogens with one attached hydrogen (secondary N) is 1. The molecule has 0 aliphatic carbocycles. The number of aryl methyl sites for hydroxylation is 2. The number of nitrogens with zero attached hydrogens (tertiary/aromatic N) is 3. The second-order valence-electron chi connectivity index (χ2n) is 7.79. The number of primary sulfonamides is 1. The van der Waals surface area contributed by atoms with Crippen molar-refractivity contribution in [1.82, 2.24) is 14.8 Å². The lowest BCUT2D eigenvalue weighted by Crippen LogP contribution is -2.18. The van der Waals surface area contributed by atoms with Crippen molar-refractivity contribution in [3.63, 3.8) is 0 Å². The standard InChI is InChI=1S/C22H23N5O4S/c1-12-8-16(14(3)26-18-6-5-7-24-22(18)32(23,29)30)21-17(9-12)19(28)13(2)20(31-21)15-10-25-27(4)11-15/h5-11,14,26H,1-4H3,(H2,23,29,30)/t14-/m1/s1. The molecule has 0 unspecified atom stereocenters. The third-order valence-corrected chi connectivity index (χ3v) is 6.10. The van der Waals surface area contributed by atoms with Crippen LogP contribution in [0.3, 0.4) is 0 Å². The first-order chi connectivity index (χ1) is 15.1. The third-order valence-electron chi connectivity index (χ3n) is 5.24. The SMILES string of the molecule is Cc1cc([C@@H](C)Nc2cccnc2S(N)(=O)=O)c2oc(-c3cnn(C)c3)c(C)c(=O)c2c1. The van der Waals surface area contributed by atoms with E-state index in [1.54, 1.807) is 49.2 Å². The molecule has 10 heteroatoms. The molecule has 0 aliphatic rings. The van der Waals surface area contributed by atoms with Gasteiger partial charge in [-0.05, 0) is 44.5 Å². The summed E-state index contributed by atoms with van der Waals surface area (Å²) in [4.78, 5) is 17.1. The number of rotatable bonds is 5. The molecular weight excluding hydrogens is 430 g/mol. The summed E-state index contributed by atoms with van der Waals surface area (Å²) in [6, 6.07) is 6.47. The summed E-state index contributed by atoms with van der Waals surface area (Å²) in [5.74, 6) is 0.444. The summed E-state index contributed by atoms with van der Waals surface area (Å²) < 4.78 is 31.8. The molecule has 0 spiro atoms. The predicted molar refractivity (Wildman–Crippen MR) is 122 cm³/mol. The second kappa shape index (κ2) is 7.88. The van der Waals surface area contributed by atoms with Gasteiger partial charge in [0.1, 0.15) is 11.3 Å². The molecule has 3 heterocycles. The van der Waals surface area contributed by atoms with Crippen molar-refractivity contribution < 1.29 is 12.8 Å². The lowest BCUT2D eigenvalue weighted by Gasteiger charge is -2.19. The van der Waals surface area contributed by atoms with Gasteiger partial charge in [-0.3, -0.25) is 9.48 Å². The number of anilines is 1. The molecule has 9 nitrogen and oxygen atoms in total. The largest absolute Gasteiger partial charge is 0.455 e. The average Bonchev–Trinajstić information content (AvgIpc) is 3.16. The zero-order chi connectivity index (χ0) is 23.2.